The van der Waals surface area contributed by atoms with Gasteiger partial charge in [0.25, 0.3) is 0 Å². The Kier molecular flexibility index (Phi) is 4.25. The van der Waals surface area contributed by atoms with Gasteiger partial charge < -0.3 is 13.9 Å². The molecule has 0 atom stereocenters. The van der Waals surface area contributed by atoms with Gasteiger partial charge in [0.2, 0.25) is 4.96 Å². The normalized spacial score (nSPS) is 11.6. The van der Waals surface area contributed by atoms with Crippen molar-refractivity contribution in [1.82, 2.24) is 14.6 Å². The summed E-state index contributed by atoms with van der Waals surface area (Å²) in [5, 5.41) is 5.31. The van der Waals surface area contributed by atoms with Gasteiger partial charge in [0.1, 0.15) is 17.0 Å². The quantitative estimate of drug-likeness (QED) is 0.341. The fourth-order valence-corrected chi connectivity index (χ4v) is 4.14. The second-order valence-electron chi connectivity index (χ2n) is 4.88. The lowest BCUT2D eigenvalue weighted by atomic mass is 10.2. The molecule has 0 radical (unpaired) electrons. The number of halogens is 1. The second-order valence-corrected chi connectivity index (χ2v) is 7.74. The van der Waals surface area contributed by atoms with Gasteiger partial charge in [-0.2, -0.15) is 0 Å². The first kappa shape index (κ1) is 15.9. The minimum absolute atomic E-state index is 0.166. The van der Waals surface area contributed by atoms with E-state index in [1.165, 1.54) is 0 Å². The van der Waals surface area contributed by atoms with Crippen LogP contribution in [0.25, 0.3) is 27.4 Å². The molecule has 6 nitrogen and oxygen atoms in total. The fourth-order valence-electron chi connectivity index (χ4n) is 2.33. The highest BCUT2D eigenvalue weighted by atomic mass is 79.9. The molecular weight excluding hydrogens is 414 g/mol. The molecule has 0 saturated carbocycles. The van der Waals surface area contributed by atoms with Crippen molar-refractivity contribution >= 4 is 55.0 Å². The van der Waals surface area contributed by atoms with E-state index in [0.29, 0.717) is 11.5 Å². The number of thioether (sulfide) groups is 1. The van der Waals surface area contributed by atoms with E-state index in [-0.39, 0.29) is 6.79 Å². The number of furan rings is 1. The molecule has 0 aliphatic carbocycles. The van der Waals surface area contributed by atoms with Gasteiger partial charge in [0.15, 0.2) is 16.9 Å². The summed E-state index contributed by atoms with van der Waals surface area (Å²) in [7, 11) is 1.59. The van der Waals surface area contributed by atoms with Crippen molar-refractivity contribution in [2.24, 2.45) is 0 Å². The van der Waals surface area contributed by atoms with Crippen molar-refractivity contribution in [3.8, 4) is 17.2 Å². The van der Waals surface area contributed by atoms with E-state index >= 15 is 0 Å². The number of rotatable bonds is 5. The van der Waals surface area contributed by atoms with Gasteiger partial charge >= 0.3 is 0 Å². The highest BCUT2D eigenvalue weighted by Crippen LogP contribution is 2.38. The zero-order chi connectivity index (χ0) is 16.7. The molecule has 4 rings (SSSR count). The van der Waals surface area contributed by atoms with Gasteiger partial charge in [-0.1, -0.05) is 23.1 Å². The first-order valence-electron chi connectivity index (χ1n) is 6.94. The molecule has 24 heavy (non-hydrogen) atoms. The number of fused-ring (bicyclic) bond motifs is 2. The minimum Gasteiger partial charge on any atom is -0.466 e. The molecule has 0 aliphatic rings. The summed E-state index contributed by atoms with van der Waals surface area (Å²) in [5.74, 6) is 1.36. The van der Waals surface area contributed by atoms with E-state index < -0.39 is 0 Å². The Labute approximate surface area is 153 Å². The van der Waals surface area contributed by atoms with Crippen LogP contribution in [0.4, 0.5) is 0 Å². The Hall–Kier alpha value is -1.55. The predicted octanol–water partition coefficient (Wildman–Crippen LogP) is 4.67. The van der Waals surface area contributed by atoms with Crippen LogP contribution in [0.1, 0.15) is 0 Å². The summed E-state index contributed by atoms with van der Waals surface area (Å²) in [6.45, 7) is 0.166. The summed E-state index contributed by atoms with van der Waals surface area (Å²) in [6, 6.07) is 5.71. The van der Waals surface area contributed by atoms with Gasteiger partial charge in [0.05, 0.1) is 16.1 Å². The maximum atomic E-state index is 5.94. The van der Waals surface area contributed by atoms with Gasteiger partial charge in [-0.15, -0.1) is 5.10 Å². The molecule has 0 N–H and O–H groups in total. The van der Waals surface area contributed by atoms with Crippen LogP contribution in [0.15, 0.2) is 37.6 Å². The second kappa shape index (κ2) is 6.40. The Morgan fingerprint density at radius 3 is 3.04 bits per heavy atom. The number of aromatic nitrogens is 3. The number of hydrogen-bond donors (Lipinski definition) is 0. The van der Waals surface area contributed by atoms with Crippen molar-refractivity contribution in [3.63, 3.8) is 0 Å². The van der Waals surface area contributed by atoms with Crippen LogP contribution in [-0.4, -0.2) is 34.8 Å². The average Bonchev–Trinajstić information content (AvgIpc) is 3.25. The molecule has 4 aromatic rings. The third-order valence-electron chi connectivity index (χ3n) is 3.38. The molecule has 3 aromatic heterocycles. The van der Waals surface area contributed by atoms with Crippen LogP contribution in [0.5, 0.6) is 5.75 Å². The molecule has 1 aromatic carbocycles. The predicted molar refractivity (Wildman–Crippen MR) is 98.1 cm³/mol. The largest absolute Gasteiger partial charge is 0.466 e. The smallest absolute Gasteiger partial charge is 0.213 e. The summed E-state index contributed by atoms with van der Waals surface area (Å²) in [4.78, 5) is 5.44. The molecule has 0 bridgehead atoms. The zero-order valence-corrected chi connectivity index (χ0v) is 16.0. The third-order valence-corrected chi connectivity index (χ3v) is 5.90. The number of ether oxygens (including phenoxy) is 2. The summed E-state index contributed by atoms with van der Waals surface area (Å²) in [5.41, 5.74) is 1.47. The van der Waals surface area contributed by atoms with Crippen LogP contribution >= 0.6 is 39.0 Å². The number of methoxy groups -OCH3 is 1. The van der Waals surface area contributed by atoms with Crippen molar-refractivity contribution in [2.45, 2.75) is 4.34 Å². The Bertz CT molecular complexity index is 992. The van der Waals surface area contributed by atoms with Crippen LogP contribution in [0.3, 0.4) is 0 Å². The van der Waals surface area contributed by atoms with E-state index in [1.54, 1.807) is 34.7 Å². The third kappa shape index (κ3) is 2.71. The molecule has 0 fully saturated rings. The fraction of sp³-hybridized carbons (Fsp3) is 0.200. The molecule has 0 aliphatic heterocycles. The molecule has 0 saturated heterocycles. The molecule has 124 valence electrons. The molecule has 0 spiro atoms. The average molecular weight is 426 g/mol. The number of imidazole rings is 1. The Morgan fingerprint density at radius 2 is 2.29 bits per heavy atom. The van der Waals surface area contributed by atoms with Crippen LogP contribution < -0.4 is 4.74 Å². The van der Waals surface area contributed by atoms with Crippen LogP contribution in [0.2, 0.25) is 0 Å². The van der Waals surface area contributed by atoms with Crippen molar-refractivity contribution < 1.29 is 13.9 Å². The van der Waals surface area contributed by atoms with E-state index in [2.05, 4.69) is 26.0 Å². The molecule has 0 amide bonds. The molecule has 9 heteroatoms. The molecule has 0 unspecified atom stereocenters. The van der Waals surface area contributed by atoms with Crippen molar-refractivity contribution in [2.75, 3.05) is 20.2 Å². The summed E-state index contributed by atoms with van der Waals surface area (Å²) >= 11 is 6.65. The van der Waals surface area contributed by atoms with Gasteiger partial charge in [-0.05, 0) is 40.4 Å². The lowest BCUT2D eigenvalue weighted by molar-refractivity contribution is 0.0517. The van der Waals surface area contributed by atoms with E-state index in [9.17, 15) is 0 Å². The first-order valence-corrected chi connectivity index (χ1v) is 9.77. The Balaban J connectivity index is 1.79. The lowest BCUT2D eigenvalue weighted by Crippen LogP contribution is -1.99. The number of hydrogen-bond acceptors (Lipinski definition) is 7. The lowest BCUT2D eigenvalue weighted by Gasteiger charge is -2.07. The van der Waals surface area contributed by atoms with Crippen molar-refractivity contribution in [3.05, 3.63) is 28.9 Å². The van der Waals surface area contributed by atoms with Crippen LogP contribution in [-0.2, 0) is 4.74 Å². The maximum absolute atomic E-state index is 5.94. The first-order chi connectivity index (χ1) is 11.7. The number of nitrogens with zero attached hydrogens (tertiary/aromatic N) is 3. The molecule has 3 heterocycles. The van der Waals surface area contributed by atoms with Crippen LogP contribution in [0, 0.1) is 0 Å². The maximum Gasteiger partial charge on any atom is 0.213 e. The van der Waals surface area contributed by atoms with Gasteiger partial charge in [-0.3, -0.25) is 0 Å². The summed E-state index contributed by atoms with van der Waals surface area (Å²) in [6.07, 6.45) is 3.87. The highest BCUT2D eigenvalue weighted by Gasteiger charge is 2.17. The SMILES string of the molecule is COCOc1c(Br)ccc2oc(-c3cn4nc(SC)sc4n3)cc12. The van der Waals surface area contributed by atoms with Gasteiger partial charge in [0, 0.05) is 7.11 Å². The number of benzene rings is 1. The zero-order valence-electron chi connectivity index (χ0n) is 12.8. The Morgan fingerprint density at radius 1 is 1.42 bits per heavy atom. The van der Waals surface area contributed by atoms with E-state index in [1.807, 2.05) is 30.7 Å². The minimum atomic E-state index is 0.166. The van der Waals surface area contributed by atoms with E-state index in [0.717, 1.165) is 30.4 Å². The topological polar surface area (TPSA) is 61.8 Å². The monoisotopic (exact) mass is 425 g/mol. The molecular formula is C15H12BrN3O3S2. The van der Waals surface area contributed by atoms with E-state index in [4.69, 9.17) is 13.9 Å². The van der Waals surface area contributed by atoms with Crippen molar-refractivity contribution in [1.29, 1.82) is 0 Å². The highest BCUT2D eigenvalue weighted by molar-refractivity contribution is 9.10. The van der Waals surface area contributed by atoms with Gasteiger partial charge in [-0.25, -0.2) is 9.50 Å². The summed E-state index contributed by atoms with van der Waals surface area (Å²) < 4.78 is 20.2. The standard InChI is InChI=1S/C15H12BrN3O3S2/c1-20-7-21-13-8-5-12(22-11(8)4-3-9(13)16)10-6-19-14(17-10)24-15(18-19)23-2/h3-6H,7H2,1-2H3.